The minimum atomic E-state index is -5.02. The van der Waals surface area contributed by atoms with E-state index in [1.807, 2.05) is 0 Å². The van der Waals surface area contributed by atoms with E-state index in [1.54, 1.807) is 0 Å². The summed E-state index contributed by atoms with van der Waals surface area (Å²) in [6, 6.07) is -2.41. The van der Waals surface area contributed by atoms with Crippen molar-refractivity contribution in [3.8, 4) is 11.8 Å². The Labute approximate surface area is 169 Å². The van der Waals surface area contributed by atoms with Gasteiger partial charge in [0, 0.05) is 11.6 Å². The number of aliphatic carboxylic acids is 1. The molecule has 0 spiro atoms. The Balaban J connectivity index is 0.00000243. The fourth-order valence-corrected chi connectivity index (χ4v) is 3.35. The summed E-state index contributed by atoms with van der Waals surface area (Å²) in [6.07, 6.45) is 0. The van der Waals surface area contributed by atoms with Crippen molar-refractivity contribution in [1.82, 2.24) is 14.9 Å². The van der Waals surface area contributed by atoms with E-state index in [1.165, 1.54) is 20.3 Å². The Hall–Kier alpha value is -1.64. The van der Waals surface area contributed by atoms with Crippen molar-refractivity contribution in [2.24, 2.45) is 0 Å². The number of carbonyl (C=O) groups excluding carboxylic acids is 2. The van der Waals surface area contributed by atoms with Crippen LogP contribution < -0.4 is 44.1 Å². The molecule has 1 fully saturated rings. The van der Waals surface area contributed by atoms with Crippen molar-refractivity contribution >= 4 is 22.4 Å². The van der Waals surface area contributed by atoms with Gasteiger partial charge in [0.05, 0.1) is 32.8 Å². The Morgan fingerprint density at radius 1 is 1.38 bits per heavy atom. The van der Waals surface area contributed by atoms with Gasteiger partial charge in [0.2, 0.25) is 11.8 Å². The zero-order valence-electron chi connectivity index (χ0n) is 13.9. The molecule has 14 heteroatoms. The molecule has 0 aromatic carbocycles. The topological polar surface area (TPSA) is 159 Å². The van der Waals surface area contributed by atoms with Crippen molar-refractivity contribution < 1.29 is 71.0 Å². The summed E-state index contributed by atoms with van der Waals surface area (Å²) in [7, 11) is -2.46. The van der Waals surface area contributed by atoms with Crippen LogP contribution in [-0.2, 0) is 19.5 Å². The van der Waals surface area contributed by atoms with Crippen LogP contribution in [0.15, 0.2) is 6.07 Å². The van der Waals surface area contributed by atoms with Crippen LogP contribution in [0.1, 0.15) is 23.2 Å². The maximum Gasteiger partial charge on any atom is 1.00 e. The summed E-state index contributed by atoms with van der Waals surface area (Å²) >= 11 is 0. The predicted molar refractivity (Wildman–Crippen MR) is 74.4 cm³/mol. The maximum absolute atomic E-state index is 12.4. The molecular weight excluding hydrogens is 385 g/mol. The van der Waals surface area contributed by atoms with E-state index in [-0.39, 0.29) is 59.0 Å². The SMILES string of the molecule is COc1cc2c(c(OC)n1)C1CN(C(=O)N1OS(=O)(=O)O)C2C(=O)[O-].[Na+]. The fraction of sp³-hybridized carbons (Fsp3) is 0.417. The molecule has 1 saturated heterocycles. The fourth-order valence-electron chi connectivity index (χ4n) is 2.98. The number of hydrogen-bond acceptors (Lipinski definition) is 9. The molecule has 2 amide bonds. The number of methoxy groups -OCH3 is 2. The van der Waals surface area contributed by atoms with Crippen molar-refractivity contribution in [2.45, 2.75) is 12.1 Å². The molecule has 1 aromatic heterocycles. The predicted octanol–water partition coefficient (Wildman–Crippen LogP) is -4.58. The van der Waals surface area contributed by atoms with Crippen molar-refractivity contribution in [3.63, 3.8) is 0 Å². The summed E-state index contributed by atoms with van der Waals surface area (Å²) < 4.78 is 45.4. The summed E-state index contributed by atoms with van der Waals surface area (Å²) in [5.74, 6) is -1.65. The first-order valence-corrected chi connectivity index (χ1v) is 8.15. The quantitative estimate of drug-likeness (QED) is 0.378. The average Bonchev–Trinajstić information content (AvgIpc) is 2.78. The molecule has 0 saturated carbocycles. The van der Waals surface area contributed by atoms with Gasteiger partial charge in [-0.05, 0) is 5.56 Å². The molecule has 2 unspecified atom stereocenters. The normalized spacial score (nSPS) is 21.1. The number of carbonyl (C=O) groups is 2. The average molecular weight is 397 g/mol. The van der Waals surface area contributed by atoms with E-state index in [2.05, 4.69) is 9.27 Å². The van der Waals surface area contributed by atoms with Crippen LogP contribution in [0.2, 0.25) is 0 Å². The molecule has 136 valence electrons. The third-order valence-electron chi connectivity index (χ3n) is 3.86. The number of rotatable bonds is 5. The third kappa shape index (κ3) is 3.33. The minimum absolute atomic E-state index is 0. The number of ether oxygens (including phenoxy) is 2. The van der Waals surface area contributed by atoms with Gasteiger partial charge in [-0.25, -0.2) is 4.79 Å². The number of hydroxylamine groups is 2. The molecular formula is C12H12N3NaO9S. The number of hydrogen-bond donors (Lipinski definition) is 1. The number of carboxylic acid groups (broad SMARTS) is 1. The number of carboxylic acids is 1. The molecule has 3 heterocycles. The first-order chi connectivity index (χ1) is 11.7. The second kappa shape index (κ2) is 7.17. The van der Waals surface area contributed by atoms with Crippen LogP contribution in [0.3, 0.4) is 0 Å². The zero-order valence-corrected chi connectivity index (χ0v) is 16.7. The number of urea groups is 1. The second-order valence-electron chi connectivity index (χ2n) is 5.18. The van der Waals surface area contributed by atoms with Gasteiger partial charge in [0.15, 0.2) is 0 Å². The van der Waals surface area contributed by atoms with Crippen LogP contribution >= 0.6 is 0 Å². The van der Waals surface area contributed by atoms with E-state index in [0.29, 0.717) is 5.06 Å². The van der Waals surface area contributed by atoms with Crippen LogP contribution in [-0.4, -0.2) is 60.7 Å². The molecule has 2 atom stereocenters. The molecule has 0 aliphatic carbocycles. The van der Waals surface area contributed by atoms with Crippen molar-refractivity contribution in [3.05, 3.63) is 17.2 Å². The summed E-state index contributed by atoms with van der Waals surface area (Å²) in [5, 5.41) is 12.0. The smallest absolute Gasteiger partial charge is 0.548 e. The van der Waals surface area contributed by atoms with Crippen LogP contribution in [0.4, 0.5) is 4.79 Å². The van der Waals surface area contributed by atoms with E-state index in [4.69, 9.17) is 14.0 Å². The monoisotopic (exact) mass is 397 g/mol. The Morgan fingerprint density at radius 2 is 2.04 bits per heavy atom. The summed E-state index contributed by atoms with van der Waals surface area (Å²) in [5.41, 5.74) is 0.193. The summed E-state index contributed by atoms with van der Waals surface area (Å²) in [4.78, 5) is 28.8. The van der Waals surface area contributed by atoms with Gasteiger partial charge >= 0.3 is 46.0 Å². The van der Waals surface area contributed by atoms with Crippen LogP contribution in [0.5, 0.6) is 11.8 Å². The third-order valence-corrected chi connectivity index (χ3v) is 4.21. The minimum Gasteiger partial charge on any atom is -0.548 e. The maximum atomic E-state index is 12.4. The number of fused-ring (bicyclic) bond motifs is 4. The second-order valence-corrected chi connectivity index (χ2v) is 6.18. The number of nitrogens with zero attached hydrogens (tertiary/aromatic N) is 3. The van der Waals surface area contributed by atoms with Crippen molar-refractivity contribution in [1.29, 1.82) is 0 Å². The zero-order chi connectivity index (χ0) is 18.5. The first-order valence-electron chi connectivity index (χ1n) is 6.78. The Morgan fingerprint density at radius 3 is 2.54 bits per heavy atom. The molecule has 26 heavy (non-hydrogen) atoms. The molecule has 1 N–H and O–H groups in total. The Kier molecular flexibility index (Phi) is 5.70. The molecule has 12 nitrogen and oxygen atoms in total. The van der Waals surface area contributed by atoms with Gasteiger partial charge in [-0.3, -0.25) is 4.55 Å². The Bertz CT molecular complexity index is 862. The molecule has 2 bridgehead atoms. The number of pyridine rings is 1. The van der Waals surface area contributed by atoms with E-state index < -0.39 is 34.5 Å². The van der Waals surface area contributed by atoms with E-state index in [0.717, 1.165) is 4.90 Å². The number of aromatic nitrogens is 1. The van der Waals surface area contributed by atoms with Gasteiger partial charge < -0.3 is 24.3 Å². The van der Waals surface area contributed by atoms with Gasteiger partial charge in [-0.1, -0.05) is 0 Å². The number of amides is 2. The van der Waals surface area contributed by atoms with Crippen LogP contribution in [0.25, 0.3) is 0 Å². The molecule has 1 aromatic rings. The van der Waals surface area contributed by atoms with Crippen molar-refractivity contribution in [2.75, 3.05) is 20.8 Å². The van der Waals surface area contributed by atoms with E-state index >= 15 is 0 Å². The van der Waals surface area contributed by atoms with Gasteiger partial charge in [0.1, 0.15) is 6.04 Å². The largest absolute Gasteiger partial charge is 1.00 e. The van der Waals surface area contributed by atoms with Gasteiger partial charge in [-0.15, -0.1) is 4.28 Å². The standard InChI is InChI=1S/C12H13N3O9S.Na/c1-22-7-3-5-8(10(13-7)23-2)6-4-14(9(5)11(16)17)12(18)15(6)24-25(19,20)21;/h3,6,9H,4H2,1-2H3,(H,16,17)(H,19,20,21);/q;+1/p-1. The molecule has 2 aliphatic heterocycles. The first kappa shape index (κ1) is 20.7. The van der Waals surface area contributed by atoms with Gasteiger partial charge in [-0.2, -0.15) is 18.5 Å². The molecule has 2 aliphatic rings. The van der Waals surface area contributed by atoms with E-state index in [9.17, 15) is 23.1 Å². The van der Waals surface area contributed by atoms with Gasteiger partial charge in [0.25, 0.3) is 0 Å². The molecule has 0 radical (unpaired) electrons. The molecule has 3 rings (SSSR count). The van der Waals surface area contributed by atoms with Crippen LogP contribution in [0, 0.1) is 0 Å². The summed E-state index contributed by atoms with van der Waals surface area (Å²) in [6.45, 7) is -0.232.